The van der Waals surface area contributed by atoms with Crippen molar-refractivity contribution in [2.24, 2.45) is 0 Å². The van der Waals surface area contributed by atoms with Crippen molar-refractivity contribution in [3.8, 4) is 0 Å². The van der Waals surface area contributed by atoms with Crippen LogP contribution in [0.3, 0.4) is 0 Å². The molecular formula is C15H27N5O. The molecule has 1 aromatic heterocycles. The summed E-state index contributed by atoms with van der Waals surface area (Å²) in [5, 5.41) is 6.75. The lowest BCUT2D eigenvalue weighted by Gasteiger charge is -2.30. The molecule has 2 rings (SSSR count). The molecule has 1 fully saturated rings. The summed E-state index contributed by atoms with van der Waals surface area (Å²) in [5.74, 6) is 2.19. The molecule has 1 aromatic rings. The van der Waals surface area contributed by atoms with Gasteiger partial charge in [-0.25, -0.2) is 9.97 Å². The first-order chi connectivity index (χ1) is 10.1. The Morgan fingerprint density at radius 3 is 2.67 bits per heavy atom. The first-order valence-corrected chi connectivity index (χ1v) is 7.74. The molecule has 1 unspecified atom stereocenters. The molecule has 1 saturated heterocycles. The van der Waals surface area contributed by atoms with Crippen molar-refractivity contribution in [3.63, 3.8) is 0 Å². The Bertz CT molecular complexity index is 452. The summed E-state index contributed by atoms with van der Waals surface area (Å²) in [6, 6.07) is 0. The summed E-state index contributed by atoms with van der Waals surface area (Å²) in [4.78, 5) is 11.1. The summed E-state index contributed by atoms with van der Waals surface area (Å²) in [5.41, 5.74) is 1.14. The monoisotopic (exact) mass is 293 g/mol. The van der Waals surface area contributed by atoms with Crippen LogP contribution in [0.1, 0.15) is 32.3 Å². The van der Waals surface area contributed by atoms with E-state index in [9.17, 15) is 0 Å². The van der Waals surface area contributed by atoms with Crippen LogP contribution >= 0.6 is 0 Å². The second-order valence-electron chi connectivity index (χ2n) is 5.81. The number of morpholine rings is 1. The zero-order valence-electron chi connectivity index (χ0n) is 13.5. The van der Waals surface area contributed by atoms with Crippen molar-refractivity contribution in [2.75, 3.05) is 50.5 Å². The molecule has 2 N–H and O–H groups in total. The molecule has 118 valence electrons. The molecule has 1 atom stereocenters. The van der Waals surface area contributed by atoms with E-state index >= 15 is 0 Å². The number of nitrogens with one attached hydrogen (secondary N) is 2. The Balaban J connectivity index is 2.06. The van der Waals surface area contributed by atoms with Crippen LogP contribution in [0.2, 0.25) is 0 Å². The Morgan fingerprint density at radius 2 is 2.05 bits per heavy atom. The number of rotatable bonds is 6. The highest BCUT2D eigenvalue weighted by molar-refractivity contribution is 5.59. The number of hydrogen-bond donors (Lipinski definition) is 2. The van der Waals surface area contributed by atoms with Gasteiger partial charge in [0.1, 0.15) is 18.0 Å². The Morgan fingerprint density at radius 1 is 1.33 bits per heavy atom. The van der Waals surface area contributed by atoms with Gasteiger partial charge in [-0.15, -0.1) is 0 Å². The molecule has 1 aliphatic heterocycles. The van der Waals surface area contributed by atoms with Gasteiger partial charge in [-0.3, -0.25) is 0 Å². The van der Waals surface area contributed by atoms with E-state index in [1.54, 1.807) is 6.33 Å². The highest BCUT2D eigenvalue weighted by atomic mass is 16.5. The van der Waals surface area contributed by atoms with Crippen LogP contribution in [0.4, 0.5) is 11.6 Å². The smallest absolute Gasteiger partial charge is 0.135 e. The fraction of sp³-hybridized carbons (Fsp3) is 0.733. The van der Waals surface area contributed by atoms with Crippen LogP contribution < -0.4 is 10.6 Å². The van der Waals surface area contributed by atoms with Gasteiger partial charge in [-0.05, 0) is 19.9 Å². The van der Waals surface area contributed by atoms with E-state index in [0.29, 0.717) is 5.92 Å². The normalized spacial score (nSPS) is 19.8. The number of likely N-dealkylation sites (N-methyl/N-ethyl adjacent to an activating group) is 1. The molecule has 0 amide bonds. The van der Waals surface area contributed by atoms with Gasteiger partial charge in [0.05, 0.1) is 12.7 Å². The summed E-state index contributed by atoms with van der Waals surface area (Å²) in [7, 11) is 2.13. The maximum atomic E-state index is 5.78. The molecule has 0 radical (unpaired) electrons. The molecular weight excluding hydrogens is 266 g/mol. The van der Waals surface area contributed by atoms with Gasteiger partial charge in [0, 0.05) is 31.7 Å². The van der Waals surface area contributed by atoms with Gasteiger partial charge in [0.2, 0.25) is 0 Å². The SMILES string of the molecule is CCNc1ncnc(NCC2CN(C)CCO2)c1C(C)C. The topological polar surface area (TPSA) is 62.3 Å². The standard InChI is InChI=1S/C15H27N5O/c1-5-16-14-13(11(2)3)15(19-10-18-14)17-8-12-9-20(4)6-7-21-12/h10-12H,5-9H2,1-4H3,(H2,16,17,18,19). The number of hydrogen-bond acceptors (Lipinski definition) is 6. The van der Waals surface area contributed by atoms with Crippen molar-refractivity contribution >= 4 is 11.6 Å². The fourth-order valence-electron chi connectivity index (χ4n) is 2.59. The van der Waals surface area contributed by atoms with Crippen LogP contribution in [0, 0.1) is 0 Å². The highest BCUT2D eigenvalue weighted by Crippen LogP contribution is 2.28. The lowest BCUT2D eigenvalue weighted by atomic mass is 10.0. The zero-order chi connectivity index (χ0) is 15.2. The van der Waals surface area contributed by atoms with Gasteiger partial charge >= 0.3 is 0 Å². The fourth-order valence-corrected chi connectivity index (χ4v) is 2.59. The highest BCUT2D eigenvalue weighted by Gasteiger charge is 2.19. The second kappa shape index (κ2) is 7.56. The van der Waals surface area contributed by atoms with Crippen molar-refractivity contribution in [1.82, 2.24) is 14.9 Å². The third kappa shape index (κ3) is 4.28. The lowest BCUT2D eigenvalue weighted by molar-refractivity contribution is -0.0117. The molecule has 0 aliphatic carbocycles. The maximum Gasteiger partial charge on any atom is 0.135 e. The molecule has 0 bridgehead atoms. The molecule has 6 heteroatoms. The predicted octanol–water partition coefficient (Wildman–Crippen LogP) is 1.77. The van der Waals surface area contributed by atoms with E-state index in [-0.39, 0.29) is 6.10 Å². The van der Waals surface area contributed by atoms with Crippen molar-refractivity contribution < 1.29 is 4.74 Å². The van der Waals surface area contributed by atoms with Crippen LogP contribution in [-0.4, -0.2) is 60.8 Å². The summed E-state index contributed by atoms with van der Waals surface area (Å²) in [6.07, 6.45) is 1.82. The molecule has 0 aromatic carbocycles. The molecule has 0 saturated carbocycles. The van der Waals surface area contributed by atoms with Crippen molar-refractivity contribution in [3.05, 3.63) is 11.9 Å². The largest absolute Gasteiger partial charge is 0.374 e. The molecule has 2 heterocycles. The Hall–Kier alpha value is -1.40. The number of nitrogens with zero attached hydrogens (tertiary/aromatic N) is 3. The van der Waals surface area contributed by atoms with Crippen LogP contribution in [0.15, 0.2) is 6.33 Å². The van der Waals surface area contributed by atoms with Crippen molar-refractivity contribution in [2.45, 2.75) is 32.8 Å². The average molecular weight is 293 g/mol. The van der Waals surface area contributed by atoms with Gasteiger partial charge in [-0.2, -0.15) is 0 Å². The molecule has 1 aliphatic rings. The van der Waals surface area contributed by atoms with Crippen LogP contribution in [0.25, 0.3) is 0 Å². The number of aromatic nitrogens is 2. The van der Waals surface area contributed by atoms with E-state index in [2.05, 4.69) is 53.3 Å². The summed E-state index contributed by atoms with van der Waals surface area (Å²) in [6.45, 7) is 10.8. The van der Waals surface area contributed by atoms with E-state index in [1.807, 2.05) is 0 Å². The minimum absolute atomic E-state index is 0.210. The Kier molecular flexibility index (Phi) is 5.76. The van der Waals surface area contributed by atoms with E-state index in [4.69, 9.17) is 4.74 Å². The van der Waals surface area contributed by atoms with Gasteiger partial charge in [-0.1, -0.05) is 13.8 Å². The maximum absolute atomic E-state index is 5.78. The van der Waals surface area contributed by atoms with E-state index < -0.39 is 0 Å². The van der Waals surface area contributed by atoms with Crippen LogP contribution in [0.5, 0.6) is 0 Å². The lowest BCUT2D eigenvalue weighted by Crippen LogP contribution is -2.43. The number of anilines is 2. The minimum atomic E-state index is 0.210. The third-order valence-corrected chi connectivity index (χ3v) is 3.64. The van der Waals surface area contributed by atoms with E-state index in [0.717, 1.165) is 50.0 Å². The van der Waals surface area contributed by atoms with Gasteiger partial charge < -0.3 is 20.3 Å². The third-order valence-electron chi connectivity index (χ3n) is 3.64. The first kappa shape index (κ1) is 16.0. The van der Waals surface area contributed by atoms with Crippen LogP contribution in [-0.2, 0) is 4.74 Å². The molecule has 6 nitrogen and oxygen atoms in total. The second-order valence-corrected chi connectivity index (χ2v) is 5.81. The number of ether oxygens (including phenoxy) is 1. The van der Waals surface area contributed by atoms with Gasteiger partial charge in [0.15, 0.2) is 0 Å². The van der Waals surface area contributed by atoms with Gasteiger partial charge in [0.25, 0.3) is 0 Å². The van der Waals surface area contributed by atoms with E-state index in [1.165, 1.54) is 0 Å². The predicted molar refractivity (Wildman–Crippen MR) is 86.0 cm³/mol. The zero-order valence-corrected chi connectivity index (χ0v) is 13.5. The minimum Gasteiger partial charge on any atom is -0.374 e. The Labute approximate surface area is 127 Å². The average Bonchev–Trinajstić information content (AvgIpc) is 2.45. The summed E-state index contributed by atoms with van der Waals surface area (Å²) < 4.78 is 5.78. The first-order valence-electron chi connectivity index (χ1n) is 7.74. The summed E-state index contributed by atoms with van der Waals surface area (Å²) >= 11 is 0. The molecule has 0 spiro atoms. The van der Waals surface area contributed by atoms with Crippen molar-refractivity contribution in [1.29, 1.82) is 0 Å². The quantitative estimate of drug-likeness (QED) is 0.833. The molecule has 21 heavy (non-hydrogen) atoms.